The van der Waals surface area contributed by atoms with Crippen LogP contribution in [-0.4, -0.2) is 54.3 Å². The molecule has 0 aliphatic carbocycles. The van der Waals surface area contributed by atoms with Crippen molar-refractivity contribution in [2.24, 2.45) is 0 Å². The number of anilines is 1. The Labute approximate surface area is 198 Å². The van der Waals surface area contributed by atoms with Crippen LogP contribution < -0.4 is 10.1 Å². The quantitative estimate of drug-likeness (QED) is 0.433. The fraction of sp³-hybridized carbons (Fsp3) is 0.333. The van der Waals surface area contributed by atoms with Crippen LogP contribution in [0.15, 0.2) is 60.9 Å². The summed E-state index contributed by atoms with van der Waals surface area (Å²) in [6, 6.07) is 15.9. The molecule has 0 saturated carbocycles. The molecule has 4 aromatic rings. The lowest BCUT2D eigenvalue weighted by atomic mass is 9.96. The average Bonchev–Trinajstić information content (AvgIpc) is 3.48. The summed E-state index contributed by atoms with van der Waals surface area (Å²) in [6.07, 6.45) is 5.90. The molecule has 8 nitrogen and oxygen atoms in total. The number of aromatic nitrogens is 5. The number of hydrogen-bond donors (Lipinski definition) is 1. The van der Waals surface area contributed by atoms with E-state index < -0.39 is 0 Å². The second-order valence-corrected chi connectivity index (χ2v) is 8.51. The molecule has 2 aromatic heterocycles. The molecule has 0 unspecified atom stereocenters. The van der Waals surface area contributed by atoms with Gasteiger partial charge in [0.15, 0.2) is 5.11 Å². The van der Waals surface area contributed by atoms with Crippen molar-refractivity contribution in [1.82, 2.24) is 29.4 Å². The van der Waals surface area contributed by atoms with E-state index in [9.17, 15) is 0 Å². The lowest BCUT2D eigenvalue weighted by molar-refractivity contribution is 0.304. The average molecular weight is 462 g/mol. The zero-order valence-electron chi connectivity index (χ0n) is 18.6. The molecular weight excluding hydrogens is 434 g/mol. The monoisotopic (exact) mass is 461 g/mol. The maximum absolute atomic E-state index is 5.67. The van der Waals surface area contributed by atoms with Crippen molar-refractivity contribution in [2.45, 2.75) is 32.4 Å². The Morgan fingerprint density at radius 3 is 2.70 bits per heavy atom. The highest BCUT2D eigenvalue weighted by Crippen LogP contribution is 2.28. The Balaban J connectivity index is 1.19. The highest BCUT2D eigenvalue weighted by Gasteiger charge is 2.25. The van der Waals surface area contributed by atoms with Crippen molar-refractivity contribution >= 4 is 34.1 Å². The topological polar surface area (TPSA) is 73.0 Å². The molecule has 1 aliphatic rings. The molecule has 33 heavy (non-hydrogen) atoms. The summed E-state index contributed by atoms with van der Waals surface area (Å²) in [4.78, 5) is 6.92. The van der Waals surface area contributed by atoms with Gasteiger partial charge in [-0.1, -0.05) is 17.3 Å². The summed E-state index contributed by atoms with van der Waals surface area (Å²) in [6.45, 7) is 5.04. The van der Waals surface area contributed by atoms with Crippen molar-refractivity contribution in [1.29, 1.82) is 0 Å². The van der Waals surface area contributed by atoms with Crippen molar-refractivity contribution in [3.05, 3.63) is 66.7 Å². The lowest BCUT2D eigenvalue weighted by Crippen LogP contribution is -2.40. The number of para-hydroxylation sites is 1. The van der Waals surface area contributed by atoms with E-state index in [2.05, 4.69) is 30.1 Å². The molecule has 0 amide bonds. The SMILES string of the molecule is CCOc1ccc(NC(=S)N2CCC(c3nccn3Cn3nnc4ccccc43)CC2)cc1. The van der Waals surface area contributed by atoms with Gasteiger partial charge in [0.2, 0.25) is 0 Å². The standard InChI is InChI=1S/C24H27N7OS/c1-2-32-20-9-7-19(8-10-20)26-24(33)29-14-11-18(12-15-29)23-25-13-16-30(23)17-31-22-6-4-3-5-21(22)27-28-31/h3-10,13,16,18H,2,11-12,14-15,17H2,1H3,(H,26,33). The minimum atomic E-state index is 0.388. The number of piperidine rings is 1. The Bertz CT molecular complexity index is 1230. The number of hydrogen-bond acceptors (Lipinski definition) is 5. The molecule has 1 N–H and O–H groups in total. The van der Waals surface area contributed by atoms with Gasteiger partial charge in [0.25, 0.3) is 0 Å². The Kier molecular flexibility index (Phi) is 6.21. The normalized spacial score (nSPS) is 14.5. The molecular formula is C24H27N7OS. The van der Waals surface area contributed by atoms with E-state index in [-0.39, 0.29) is 0 Å². The van der Waals surface area contributed by atoms with Crippen molar-refractivity contribution in [3.8, 4) is 5.75 Å². The first-order valence-electron chi connectivity index (χ1n) is 11.3. The van der Waals surface area contributed by atoms with E-state index in [1.807, 2.05) is 72.5 Å². The summed E-state index contributed by atoms with van der Waals surface area (Å²) in [5.41, 5.74) is 2.90. The number of nitrogens with zero attached hydrogens (tertiary/aromatic N) is 6. The third-order valence-corrected chi connectivity index (χ3v) is 6.38. The highest BCUT2D eigenvalue weighted by molar-refractivity contribution is 7.80. The minimum Gasteiger partial charge on any atom is -0.494 e. The maximum Gasteiger partial charge on any atom is 0.173 e. The van der Waals surface area contributed by atoms with Crippen LogP contribution in [0.5, 0.6) is 5.75 Å². The van der Waals surface area contributed by atoms with E-state index in [0.717, 1.165) is 59.3 Å². The van der Waals surface area contributed by atoms with Crippen LogP contribution in [0.3, 0.4) is 0 Å². The van der Waals surface area contributed by atoms with Gasteiger partial charge in [0.05, 0.1) is 12.1 Å². The molecule has 170 valence electrons. The number of benzene rings is 2. The number of likely N-dealkylation sites (tertiary alicyclic amines) is 1. The van der Waals surface area contributed by atoms with Crippen LogP contribution in [0.4, 0.5) is 5.69 Å². The number of imidazole rings is 1. The van der Waals surface area contributed by atoms with E-state index in [4.69, 9.17) is 17.0 Å². The first-order valence-corrected chi connectivity index (χ1v) is 11.7. The second-order valence-electron chi connectivity index (χ2n) is 8.12. The molecule has 0 atom stereocenters. The van der Waals surface area contributed by atoms with Gasteiger partial charge >= 0.3 is 0 Å². The van der Waals surface area contributed by atoms with Gasteiger partial charge in [0.1, 0.15) is 23.8 Å². The predicted octanol–water partition coefficient (Wildman–Crippen LogP) is 4.11. The number of rotatable bonds is 6. The molecule has 1 fully saturated rings. The van der Waals surface area contributed by atoms with Gasteiger partial charge in [-0.2, -0.15) is 0 Å². The van der Waals surface area contributed by atoms with Crippen LogP contribution in [0.2, 0.25) is 0 Å². The number of fused-ring (bicyclic) bond motifs is 1. The van der Waals surface area contributed by atoms with Gasteiger partial charge in [-0.15, -0.1) is 5.10 Å². The van der Waals surface area contributed by atoms with Gasteiger partial charge in [-0.05, 0) is 68.4 Å². The van der Waals surface area contributed by atoms with Crippen molar-refractivity contribution < 1.29 is 4.74 Å². The molecule has 1 aliphatic heterocycles. The van der Waals surface area contributed by atoms with Gasteiger partial charge in [-0.25, -0.2) is 9.67 Å². The first kappa shape index (κ1) is 21.4. The van der Waals surface area contributed by atoms with Crippen LogP contribution in [0, 0.1) is 0 Å². The van der Waals surface area contributed by atoms with Crippen LogP contribution >= 0.6 is 12.2 Å². The summed E-state index contributed by atoms with van der Waals surface area (Å²) in [5.74, 6) is 2.35. The molecule has 3 heterocycles. The molecule has 0 spiro atoms. The van der Waals surface area contributed by atoms with Crippen LogP contribution in [0.25, 0.3) is 11.0 Å². The fourth-order valence-corrected chi connectivity index (χ4v) is 4.61. The number of thiocarbonyl (C=S) groups is 1. The van der Waals surface area contributed by atoms with E-state index in [1.165, 1.54) is 0 Å². The highest BCUT2D eigenvalue weighted by atomic mass is 32.1. The summed E-state index contributed by atoms with van der Waals surface area (Å²) >= 11 is 5.67. The van der Waals surface area contributed by atoms with Crippen molar-refractivity contribution in [3.63, 3.8) is 0 Å². The van der Waals surface area contributed by atoms with Gasteiger partial charge in [-0.3, -0.25) is 0 Å². The number of ether oxygens (including phenoxy) is 1. The molecule has 9 heteroatoms. The minimum absolute atomic E-state index is 0.388. The molecule has 5 rings (SSSR count). The van der Waals surface area contributed by atoms with Gasteiger partial charge in [0, 0.05) is 37.1 Å². The van der Waals surface area contributed by atoms with Gasteiger partial charge < -0.3 is 19.5 Å². The maximum atomic E-state index is 5.67. The summed E-state index contributed by atoms with van der Waals surface area (Å²) < 4.78 is 9.61. The Morgan fingerprint density at radius 1 is 1.12 bits per heavy atom. The van der Waals surface area contributed by atoms with Crippen LogP contribution in [-0.2, 0) is 6.67 Å². The fourth-order valence-electron chi connectivity index (χ4n) is 4.31. The molecule has 1 saturated heterocycles. The van der Waals surface area contributed by atoms with Crippen LogP contribution in [0.1, 0.15) is 31.5 Å². The summed E-state index contributed by atoms with van der Waals surface area (Å²) in [5, 5.41) is 12.7. The second kappa shape index (κ2) is 9.58. The predicted molar refractivity (Wildman–Crippen MR) is 133 cm³/mol. The zero-order chi connectivity index (χ0) is 22.6. The van der Waals surface area contributed by atoms with E-state index >= 15 is 0 Å². The smallest absolute Gasteiger partial charge is 0.173 e. The number of nitrogens with one attached hydrogen (secondary N) is 1. The van der Waals surface area contributed by atoms with Crippen molar-refractivity contribution in [2.75, 3.05) is 25.0 Å². The summed E-state index contributed by atoms with van der Waals surface area (Å²) in [7, 11) is 0. The van der Waals surface area contributed by atoms with E-state index in [0.29, 0.717) is 19.2 Å². The zero-order valence-corrected chi connectivity index (χ0v) is 19.4. The van der Waals surface area contributed by atoms with E-state index in [1.54, 1.807) is 0 Å². The molecule has 2 aromatic carbocycles. The molecule has 0 bridgehead atoms. The Morgan fingerprint density at radius 2 is 1.91 bits per heavy atom. The first-order chi connectivity index (χ1) is 16.2. The lowest BCUT2D eigenvalue weighted by Gasteiger charge is -2.33. The Hall–Kier alpha value is -3.46. The third-order valence-electron chi connectivity index (χ3n) is 6.02. The molecule has 0 radical (unpaired) electrons. The largest absolute Gasteiger partial charge is 0.494 e. The third kappa shape index (κ3) is 4.68.